The maximum absolute atomic E-state index is 13.3. The van der Waals surface area contributed by atoms with Crippen LogP contribution in [0.25, 0.3) is 5.57 Å². The number of carbonyl (C=O) groups is 1. The highest BCUT2D eigenvalue weighted by atomic mass is 16.5. The first-order valence-corrected chi connectivity index (χ1v) is 9.05. The second-order valence-corrected chi connectivity index (χ2v) is 7.28. The number of Topliss-reactive ketones (excluding diaryl/α,β-unsaturated/α-hetero) is 1. The smallest absolute Gasteiger partial charge is 0.193 e. The van der Waals surface area contributed by atoms with Crippen LogP contribution in [0.1, 0.15) is 42.3 Å². The molecular formula is C23H26O5. The molecule has 2 aromatic rings. The third-order valence-corrected chi connectivity index (χ3v) is 5.44. The van der Waals surface area contributed by atoms with Crippen molar-refractivity contribution in [1.29, 1.82) is 0 Å². The molecule has 148 valence electrons. The van der Waals surface area contributed by atoms with Crippen LogP contribution in [-0.2, 0) is 5.41 Å². The van der Waals surface area contributed by atoms with Crippen molar-refractivity contribution in [3.63, 3.8) is 0 Å². The van der Waals surface area contributed by atoms with Gasteiger partial charge in [0.2, 0.25) is 0 Å². The minimum atomic E-state index is -0.450. The molecule has 0 saturated heterocycles. The molecule has 28 heavy (non-hydrogen) atoms. The number of ketones is 1. The average molecular weight is 382 g/mol. The number of fused-ring (bicyclic) bond motifs is 1. The summed E-state index contributed by atoms with van der Waals surface area (Å²) in [7, 11) is 6.38. The van der Waals surface area contributed by atoms with Gasteiger partial charge in [-0.05, 0) is 41.8 Å². The van der Waals surface area contributed by atoms with Gasteiger partial charge in [-0.1, -0.05) is 19.9 Å². The Labute approximate surface area is 165 Å². The Hall–Kier alpha value is -2.95. The van der Waals surface area contributed by atoms with Gasteiger partial charge in [-0.15, -0.1) is 0 Å². The van der Waals surface area contributed by atoms with Crippen LogP contribution < -0.4 is 18.9 Å². The lowest BCUT2D eigenvalue weighted by atomic mass is 9.66. The SMILES string of the molecule is COc1cc(OC)c2c(c1)C(C)(C)C(c1ccc(OC)c(OC)c1)=C(C)C2=O. The van der Waals surface area contributed by atoms with Crippen LogP contribution in [-0.4, -0.2) is 34.2 Å². The summed E-state index contributed by atoms with van der Waals surface area (Å²) in [5.41, 5.74) is 3.57. The standard InChI is InChI=1S/C23H26O5/c1-13-21(14-8-9-17(26-5)18(10-14)27-6)23(2,3)16-11-15(25-4)12-19(28-7)20(16)22(13)24/h8-12H,1-7H3. The number of rotatable bonds is 5. The van der Waals surface area contributed by atoms with Crippen LogP contribution >= 0.6 is 0 Å². The molecule has 0 unspecified atom stereocenters. The van der Waals surface area contributed by atoms with Crippen LogP contribution in [0.2, 0.25) is 0 Å². The van der Waals surface area contributed by atoms with Gasteiger partial charge in [0.1, 0.15) is 11.5 Å². The largest absolute Gasteiger partial charge is 0.497 e. The summed E-state index contributed by atoms with van der Waals surface area (Å²) in [6.45, 7) is 6.07. The third kappa shape index (κ3) is 2.91. The highest BCUT2D eigenvalue weighted by molar-refractivity contribution is 6.18. The number of benzene rings is 2. The zero-order chi connectivity index (χ0) is 20.6. The predicted octanol–water partition coefficient (Wildman–Crippen LogP) is 4.67. The number of hydrogen-bond acceptors (Lipinski definition) is 5. The van der Waals surface area contributed by atoms with Crippen molar-refractivity contribution in [1.82, 2.24) is 0 Å². The van der Waals surface area contributed by atoms with Gasteiger partial charge in [-0.2, -0.15) is 0 Å². The maximum atomic E-state index is 13.3. The molecule has 0 bridgehead atoms. The second-order valence-electron chi connectivity index (χ2n) is 7.28. The van der Waals surface area contributed by atoms with E-state index in [1.165, 1.54) is 0 Å². The van der Waals surface area contributed by atoms with E-state index in [0.29, 0.717) is 34.1 Å². The Morgan fingerprint density at radius 2 is 1.43 bits per heavy atom. The Morgan fingerprint density at radius 3 is 2.00 bits per heavy atom. The monoisotopic (exact) mass is 382 g/mol. The van der Waals surface area contributed by atoms with E-state index in [0.717, 1.165) is 16.7 Å². The summed E-state index contributed by atoms with van der Waals surface area (Å²) < 4.78 is 21.8. The zero-order valence-electron chi connectivity index (χ0n) is 17.4. The third-order valence-electron chi connectivity index (χ3n) is 5.44. The van der Waals surface area contributed by atoms with E-state index < -0.39 is 5.41 Å². The lowest BCUT2D eigenvalue weighted by Crippen LogP contribution is -2.30. The van der Waals surface area contributed by atoms with E-state index in [1.807, 2.05) is 31.2 Å². The van der Waals surface area contributed by atoms with Gasteiger partial charge in [-0.3, -0.25) is 4.79 Å². The number of carbonyl (C=O) groups excluding carboxylic acids is 1. The van der Waals surface area contributed by atoms with Crippen LogP contribution in [0, 0.1) is 0 Å². The molecule has 0 aliphatic heterocycles. The van der Waals surface area contributed by atoms with Gasteiger partial charge in [-0.25, -0.2) is 0 Å². The predicted molar refractivity (Wildman–Crippen MR) is 109 cm³/mol. The Bertz CT molecular complexity index is 969. The molecule has 2 aromatic carbocycles. The van der Waals surface area contributed by atoms with Crippen molar-refractivity contribution < 1.29 is 23.7 Å². The van der Waals surface area contributed by atoms with E-state index in [9.17, 15) is 4.79 Å². The molecular weight excluding hydrogens is 356 g/mol. The topological polar surface area (TPSA) is 54.0 Å². The summed E-state index contributed by atoms with van der Waals surface area (Å²) in [4.78, 5) is 13.3. The van der Waals surface area contributed by atoms with Crippen molar-refractivity contribution in [2.24, 2.45) is 0 Å². The van der Waals surface area contributed by atoms with E-state index in [1.54, 1.807) is 34.5 Å². The van der Waals surface area contributed by atoms with Gasteiger partial charge in [0.15, 0.2) is 17.3 Å². The summed E-state index contributed by atoms with van der Waals surface area (Å²) in [5.74, 6) is 2.41. The highest BCUT2D eigenvalue weighted by Crippen LogP contribution is 2.50. The molecule has 0 radical (unpaired) electrons. The van der Waals surface area contributed by atoms with Gasteiger partial charge >= 0.3 is 0 Å². The molecule has 5 nitrogen and oxygen atoms in total. The number of methoxy groups -OCH3 is 4. The first-order chi connectivity index (χ1) is 13.3. The highest BCUT2D eigenvalue weighted by Gasteiger charge is 2.40. The maximum Gasteiger partial charge on any atom is 0.193 e. The molecule has 0 spiro atoms. The number of allylic oxidation sites excluding steroid dienone is 2. The molecule has 0 saturated carbocycles. The summed E-state index contributed by atoms with van der Waals surface area (Å²) in [6, 6.07) is 9.40. The second kappa shape index (κ2) is 7.23. The lowest BCUT2D eigenvalue weighted by Gasteiger charge is -2.37. The average Bonchev–Trinajstić information content (AvgIpc) is 2.70. The lowest BCUT2D eigenvalue weighted by molar-refractivity contribution is 0.102. The molecule has 0 fully saturated rings. The summed E-state index contributed by atoms with van der Waals surface area (Å²) in [6.07, 6.45) is 0. The van der Waals surface area contributed by atoms with Gasteiger partial charge in [0.05, 0.1) is 34.0 Å². The van der Waals surface area contributed by atoms with Gasteiger partial charge in [0, 0.05) is 17.1 Å². The Kier molecular flexibility index (Phi) is 5.11. The van der Waals surface area contributed by atoms with Crippen molar-refractivity contribution in [2.75, 3.05) is 28.4 Å². The fraction of sp³-hybridized carbons (Fsp3) is 0.348. The van der Waals surface area contributed by atoms with Crippen molar-refractivity contribution >= 4 is 11.4 Å². The molecule has 0 atom stereocenters. The van der Waals surface area contributed by atoms with Crippen molar-refractivity contribution in [2.45, 2.75) is 26.2 Å². The molecule has 3 rings (SSSR count). The van der Waals surface area contributed by atoms with Crippen molar-refractivity contribution in [3.8, 4) is 23.0 Å². The van der Waals surface area contributed by atoms with Crippen molar-refractivity contribution in [3.05, 3.63) is 52.6 Å². The van der Waals surface area contributed by atoms with Crippen LogP contribution in [0.3, 0.4) is 0 Å². The molecule has 0 N–H and O–H groups in total. The van der Waals surface area contributed by atoms with E-state index in [2.05, 4.69) is 13.8 Å². The van der Waals surface area contributed by atoms with E-state index in [4.69, 9.17) is 18.9 Å². The summed E-state index contributed by atoms with van der Waals surface area (Å²) >= 11 is 0. The normalized spacial score (nSPS) is 15.2. The molecule has 0 amide bonds. The molecule has 0 aromatic heterocycles. The fourth-order valence-corrected chi connectivity index (χ4v) is 4.07. The van der Waals surface area contributed by atoms with Crippen LogP contribution in [0.15, 0.2) is 35.9 Å². The van der Waals surface area contributed by atoms with Crippen LogP contribution in [0.5, 0.6) is 23.0 Å². The fourth-order valence-electron chi connectivity index (χ4n) is 4.07. The minimum absolute atomic E-state index is 0.0430. The number of ether oxygens (including phenoxy) is 4. The van der Waals surface area contributed by atoms with E-state index >= 15 is 0 Å². The summed E-state index contributed by atoms with van der Waals surface area (Å²) in [5, 5.41) is 0. The first kappa shape index (κ1) is 19.8. The first-order valence-electron chi connectivity index (χ1n) is 9.05. The van der Waals surface area contributed by atoms with Gasteiger partial charge in [0.25, 0.3) is 0 Å². The van der Waals surface area contributed by atoms with E-state index in [-0.39, 0.29) is 5.78 Å². The minimum Gasteiger partial charge on any atom is -0.497 e. The Morgan fingerprint density at radius 1 is 0.786 bits per heavy atom. The van der Waals surface area contributed by atoms with Crippen LogP contribution in [0.4, 0.5) is 0 Å². The number of hydrogen-bond donors (Lipinski definition) is 0. The quantitative estimate of drug-likeness (QED) is 0.752. The molecule has 5 heteroatoms. The molecule has 1 aliphatic carbocycles. The van der Waals surface area contributed by atoms with Gasteiger partial charge < -0.3 is 18.9 Å². The zero-order valence-corrected chi connectivity index (χ0v) is 17.4. The molecule has 1 aliphatic rings. The Balaban J connectivity index is 2.29. The molecule has 0 heterocycles.